The number of aryl methyl sites for hydroxylation is 1. The van der Waals surface area contributed by atoms with E-state index in [1.165, 1.54) is 11.6 Å². The smallest absolute Gasteiger partial charge is 0.123 e. The van der Waals surface area contributed by atoms with Crippen molar-refractivity contribution in [2.24, 2.45) is 0 Å². The number of thioether (sulfide) groups is 1. The molecule has 1 aromatic carbocycles. The van der Waals surface area contributed by atoms with Crippen molar-refractivity contribution in [1.29, 1.82) is 0 Å². The topological polar surface area (TPSA) is 29.9 Å². The lowest BCUT2D eigenvalue weighted by Crippen LogP contribution is -2.13. The molecule has 0 saturated carbocycles. The normalized spacial score (nSPS) is 10.9. The summed E-state index contributed by atoms with van der Waals surface area (Å²) in [7, 11) is 0. The number of hydrogen-bond donors (Lipinski definition) is 1. The molecular formula is C15H20FN3S. The van der Waals surface area contributed by atoms with Crippen molar-refractivity contribution in [3.8, 4) is 0 Å². The number of nitrogens with one attached hydrogen (secondary N) is 1. The third kappa shape index (κ3) is 4.08. The molecule has 5 heteroatoms. The van der Waals surface area contributed by atoms with E-state index in [2.05, 4.69) is 17.3 Å². The van der Waals surface area contributed by atoms with Crippen LogP contribution >= 0.6 is 11.8 Å². The van der Waals surface area contributed by atoms with Crippen molar-refractivity contribution in [2.75, 3.05) is 6.26 Å². The Hall–Kier alpha value is -1.33. The zero-order valence-electron chi connectivity index (χ0n) is 11.9. The SMILES string of the molecule is CCn1cc(CNCc2ccc(F)cc2CSC)cn1. The fourth-order valence-corrected chi connectivity index (χ4v) is 2.65. The minimum atomic E-state index is -0.165. The van der Waals surface area contributed by atoms with Gasteiger partial charge in [0.25, 0.3) is 0 Å². The fourth-order valence-electron chi connectivity index (χ4n) is 2.07. The minimum Gasteiger partial charge on any atom is -0.308 e. The summed E-state index contributed by atoms with van der Waals surface area (Å²) in [6.45, 7) is 4.47. The molecule has 0 unspecified atom stereocenters. The number of rotatable bonds is 7. The quantitative estimate of drug-likeness (QED) is 0.850. The Kier molecular flexibility index (Phi) is 5.61. The van der Waals surface area contributed by atoms with Crippen LogP contribution in [-0.2, 0) is 25.4 Å². The molecule has 1 aromatic heterocycles. The first kappa shape index (κ1) is 15.1. The molecule has 3 nitrogen and oxygen atoms in total. The molecule has 0 aliphatic carbocycles. The molecule has 0 fully saturated rings. The summed E-state index contributed by atoms with van der Waals surface area (Å²) in [5, 5.41) is 7.63. The molecule has 1 N–H and O–H groups in total. The van der Waals surface area contributed by atoms with Gasteiger partial charge in [0.05, 0.1) is 6.20 Å². The van der Waals surface area contributed by atoms with E-state index in [0.717, 1.165) is 36.5 Å². The van der Waals surface area contributed by atoms with Gasteiger partial charge in [-0.2, -0.15) is 16.9 Å². The molecule has 1 heterocycles. The molecular weight excluding hydrogens is 273 g/mol. The standard InChI is InChI=1S/C15H20FN3S/c1-3-19-10-12(8-18-19)7-17-9-13-4-5-15(16)6-14(13)11-20-2/h4-6,8,10,17H,3,7,9,11H2,1-2H3. The van der Waals surface area contributed by atoms with Crippen molar-refractivity contribution in [3.63, 3.8) is 0 Å². The van der Waals surface area contributed by atoms with Gasteiger partial charge in [0, 0.05) is 37.1 Å². The highest BCUT2D eigenvalue weighted by atomic mass is 32.2. The van der Waals surface area contributed by atoms with Crippen LogP contribution in [0, 0.1) is 5.82 Å². The fraction of sp³-hybridized carbons (Fsp3) is 0.400. The number of benzene rings is 1. The Morgan fingerprint density at radius 3 is 2.85 bits per heavy atom. The second kappa shape index (κ2) is 7.45. The predicted octanol–water partition coefficient (Wildman–Crippen LogP) is 3.19. The molecule has 0 spiro atoms. The van der Waals surface area contributed by atoms with E-state index in [-0.39, 0.29) is 5.82 Å². The molecule has 2 aromatic rings. The second-order valence-electron chi connectivity index (χ2n) is 4.65. The van der Waals surface area contributed by atoms with Crippen LogP contribution in [0.3, 0.4) is 0 Å². The first-order valence-corrected chi connectivity index (χ1v) is 8.10. The van der Waals surface area contributed by atoms with Crippen molar-refractivity contribution < 1.29 is 4.39 Å². The van der Waals surface area contributed by atoms with E-state index in [1.54, 1.807) is 17.8 Å². The summed E-state index contributed by atoms with van der Waals surface area (Å²) < 4.78 is 15.2. The molecule has 0 saturated heterocycles. The van der Waals surface area contributed by atoms with Crippen molar-refractivity contribution in [3.05, 3.63) is 53.1 Å². The molecule has 20 heavy (non-hydrogen) atoms. The summed E-state index contributed by atoms with van der Waals surface area (Å²) in [5.41, 5.74) is 3.39. The van der Waals surface area contributed by atoms with Crippen LogP contribution in [0.4, 0.5) is 4.39 Å². The van der Waals surface area contributed by atoms with E-state index >= 15 is 0 Å². The van der Waals surface area contributed by atoms with Gasteiger partial charge in [-0.15, -0.1) is 0 Å². The summed E-state index contributed by atoms with van der Waals surface area (Å²) >= 11 is 1.71. The highest BCUT2D eigenvalue weighted by Gasteiger charge is 2.04. The van der Waals surface area contributed by atoms with E-state index in [0.29, 0.717) is 0 Å². The van der Waals surface area contributed by atoms with Crippen LogP contribution < -0.4 is 5.32 Å². The molecule has 108 valence electrons. The van der Waals surface area contributed by atoms with Gasteiger partial charge in [0.1, 0.15) is 5.82 Å². The largest absolute Gasteiger partial charge is 0.308 e. The molecule has 0 bridgehead atoms. The number of hydrogen-bond acceptors (Lipinski definition) is 3. The highest BCUT2D eigenvalue weighted by Crippen LogP contribution is 2.16. The Morgan fingerprint density at radius 2 is 2.15 bits per heavy atom. The van der Waals surface area contributed by atoms with Gasteiger partial charge in [-0.3, -0.25) is 4.68 Å². The van der Waals surface area contributed by atoms with Gasteiger partial charge in [-0.25, -0.2) is 4.39 Å². The van der Waals surface area contributed by atoms with Gasteiger partial charge < -0.3 is 5.32 Å². The molecule has 0 radical (unpaired) electrons. The maximum Gasteiger partial charge on any atom is 0.123 e. The first-order valence-electron chi connectivity index (χ1n) is 6.71. The van der Waals surface area contributed by atoms with Gasteiger partial charge >= 0.3 is 0 Å². The van der Waals surface area contributed by atoms with Crippen LogP contribution in [0.1, 0.15) is 23.6 Å². The van der Waals surface area contributed by atoms with Crippen LogP contribution in [-0.4, -0.2) is 16.0 Å². The minimum absolute atomic E-state index is 0.165. The van der Waals surface area contributed by atoms with E-state index in [4.69, 9.17) is 0 Å². The molecule has 0 amide bonds. The van der Waals surface area contributed by atoms with E-state index < -0.39 is 0 Å². The van der Waals surface area contributed by atoms with Crippen molar-refractivity contribution in [1.82, 2.24) is 15.1 Å². The third-order valence-corrected chi connectivity index (χ3v) is 3.72. The first-order chi connectivity index (χ1) is 9.72. The average Bonchev–Trinajstić information content (AvgIpc) is 2.89. The summed E-state index contributed by atoms with van der Waals surface area (Å²) in [6, 6.07) is 5.02. The maximum atomic E-state index is 13.3. The van der Waals surface area contributed by atoms with Gasteiger partial charge in [0.2, 0.25) is 0 Å². The van der Waals surface area contributed by atoms with Gasteiger partial charge in [-0.05, 0) is 36.4 Å². The number of aromatic nitrogens is 2. The Balaban J connectivity index is 1.93. The maximum absolute atomic E-state index is 13.3. The summed E-state index contributed by atoms with van der Waals surface area (Å²) in [6.07, 6.45) is 5.95. The van der Waals surface area contributed by atoms with Crippen LogP contribution in [0.5, 0.6) is 0 Å². The van der Waals surface area contributed by atoms with E-state index in [9.17, 15) is 4.39 Å². The number of nitrogens with zero attached hydrogens (tertiary/aromatic N) is 2. The van der Waals surface area contributed by atoms with Crippen molar-refractivity contribution in [2.45, 2.75) is 32.3 Å². The number of halogens is 1. The summed E-state index contributed by atoms with van der Waals surface area (Å²) in [5.74, 6) is 0.671. The van der Waals surface area contributed by atoms with Crippen LogP contribution in [0.2, 0.25) is 0 Å². The monoisotopic (exact) mass is 293 g/mol. The zero-order valence-corrected chi connectivity index (χ0v) is 12.7. The molecule has 0 atom stereocenters. The highest BCUT2D eigenvalue weighted by molar-refractivity contribution is 7.97. The molecule has 0 aliphatic heterocycles. The van der Waals surface area contributed by atoms with Gasteiger partial charge in [0.15, 0.2) is 0 Å². The summed E-state index contributed by atoms with van der Waals surface area (Å²) in [4.78, 5) is 0. The second-order valence-corrected chi connectivity index (χ2v) is 5.52. The Labute approximate surface area is 123 Å². The lowest BCUT2D eigenvalue weighted by Gasteiger charge is -2.09. The van der Waals surface area contributed by atoms with Crippen molar-refractivity contribution >= 4 is 11.8 Å². The zero-order chi connectivity index (χ0) is 14.4. The molecule has 2 rings (SSSR count). The van der Waals surface area contributed by atoms with Gasteiger partial charge in [-0.1, -0.05) is 6.07 Å². The Morgan fingerprint density at radius 1 is 1.30 bits per heavy atom. The van der Waals surface area contributed by atoms with Crippen LogP contribution in [0.15, 0.2) is 30.6 Å². The lowest BCUT2D eigenvalue weighted by molar-refractivity contribution is 0.622. The third-order valence-electron chi connectivity index (χ3n) is 3.12. The van der Waals surface area contributed by atoms with Crippen LogP contribution in [0.25, 0.3) is 0 Å². The Bertz CT molecular complexity index is 554. The molecule has 0 aliphatic rings. The lowest BCUT2D eigenvalue weighted by atomic mass is 10.1. The van der Waals surface area contributed by atoms with E-state index in [1.807, 2.05) is 29.4 Å². The average molecular weight is 293 g/mol. The predicted molar refractivity (Wildman–Crippen MR) is 82.1 cm³/mol.